The molecule has 0 aliphatic carbocycles. The van der Waals surface area contributed by atoms with Crippen LogP contribution >= 0.6 is 0 Å². The number of anilines is 1. The summed E-state index contributed by atoms with van der Waals surface area (Å²) in [7, 11) is 0. The van der Waals surface area contributed by atoms with E-state index in [2.05, 4.69) is 27.9 Å². The van der Waals surface area contributed by atoms with E-state index in [0.29, 0.717) is 40.5 Å². The zero-order chi connectivity index (χ0) is 25.9. The van der Waals surface area contributed by atoms with Gasteiger partial charge in [0, 0.05) is 12.2 Å². The minimum Gasteiger partial charge on any atom is -0.483 e. The molecule has 6 rings (SSSR count). The summed E-state index contributed by atoms with van der Waals surface area (Å²) in [6.07, 6.45) is -0.369. The minimum atomic E-state index is -0.369. The van der Waals surface area contributed by atoms with Gasteiger partial charge in [-0.1, -0.05) is 72.8 Å². The zero-order valence-electron chi connectivity index (χ0n) is 20.9. The lowest BCUT2D eigenvalue weighted by Gasteiger charge is -2.29. The summed E-state index contributed by atoms with van der Waals surface area (Å²) in [5.74, 6) is 1.56. The Kier molecular flexibility index (Phi) is 6.32. The van der Waals surface area contributed by atoms with Crippen molar-refractivity contribution >= 4 is 28.1 Å². The van der Waals surface area contributed by atoms with Crippen molar-refractivity contribution in [2.45, 2.75) is 13.0 Å². The first-order valence-corrected chi connectivity index (χ1v) is 12.6. The average Bonchev–Trinajstić information content (AvgIpc) is 3.11. The molecule has 2 N–H and O–H groups in total. The first-order valence-electron chi connectivity index (χ1n) is 12.6. The zero-order valence-corrected chi connectivity index (χ0v) is 20.9. The molecule has 0 amide bonds. The second-order valence-electron chi connectivity index (χ2n) is 9.20. The fraction of sp³-hybridized carbons (Fsp3) is 0.129. The van der Waals surface area contributed by atoms with E-state index in [1.165, 1.54) is 4.68 Å². The molecule has 1 aromatic heterocycles. The molecule has 2 heterocycles. The summed E-state index contributed by atoms with van der Waals surface area (Å²) in [4.78, 5) is 23.2. The van der Waals surface area contributed by atoms with E-state index in [0.717, 1.165) is 11.3 Å². The summed E-state index contributed by atoms with van der Waals surface area (Å²) in [6, 6.07) is 35.2. The van der Waals surface area contributed by atoms with E-state index in [1.54, 1.807) is 6.07 Å². The SMILES string of the molecule is Cc1nc2ccccc2c(=O)n1NC1=Nc2ccccc2OC(c2ccccc2)C1CNc1ccccc1. The average molecular weight is 502 g/mol. The molecule has 0 bridgehead atoms. The lowest BCUT2D eigenvalue weighted by atomic mass is 9.94. The highest BCUT2D eigenvalue weighted by Crippen LogP contribution is 2.39. The molecular weight excluding hydrogens is 474 g/mol. The van der Waals surface area contributed by atoms with Crippen LogP contribution in [0, 0.1) is 12.8 Å². The van der Waals surface area contributed by atoms with Gasteiger partial charge in [0.25, 0.3) is 5.56 Å². The Bertz CT molecular complexity index is 1670. The topological polar surface area (TPSA) is 80.5 Å². The molecule has 1 aliphatic rings. The Balaban J connectivity index is 1.48. The van der Waals surface area contributed by atoms with Gasteiger partial charge in [-0.3, -0.25) is 10.2 Å². The van der Waals surface area contributed by atoms with Crippen molar-refractivity contribution in [3.8, 4) is 5.75 Å². The molecule has 2 atom stereocenters. The van der Waals surface area contributed by atoms with Gasteiger partial charge in [-0.25, -0.2) is 14.7 Å². The maximum atomic E-state index is 13.6. The van der Waals surface area contributed by atoms with Crippen LogP contribution in [0.25, 0.3) is 10.9 Å². The smallest absolute Gasteiger partial charge is 0.280 e. The molecular formula is C31H27N5O2. The van der Waals surface area contributed by atoms with Crippen LogP contribution < -0.4 is 21.0 Å². The molecule has 0 saturated heterocycles. The molecule has 188 valence electrons. The Morgan fingerprint density at radius 3 is 2.34 bits per heavy atom. The molecule has 0 saturated carbocycles. The van der Waals surface area contributed by atoms with E-state index in [4.69, 9.17) is 9.73 Å². The van der Waals surface area contributed by atoms with Gasteiger partial charge in [-0.05, 0) is 48.9 Å². The van der Waals surface area contributed by atoms with E-state index >= 15 is 0 Å². The van der Waals surface area contributed by atoms with Crippen LogP contribution in [0.15, 0.2) is 119 Å². The van der Waals surface area contributed by atoms with Crippen LogP contribution in [0.5, 0.6) is 5.75 Å². The van der Waals surface area contributed by atoms with Crippen molar-refractivity contribution in [1.29, 1.82) is 0 Å². The molecule has 7 nitrogen and oxygen atoms in total. The highest BCUT2D eigenvalue weighted by molar-refractivity contribution is 5.96. The number of rotatable bonds is 5. The summed E-state index contributed by atoms with van der Waals surface area (Å²) < 4.78 is 8.12. The Morgan fingerprint density at radius 2 is 1.53 bits per heavy atom. The van der Waals surface area contributed by atoms with Gasteiger partial charge in [-0.2, -0.15) is 0 Å². The Hall–Kier alpha value is -4.91. The lowest BCUT2D eigenvalue weighted by Crippen LogP contribution is -2.42. The predicted octanol–water partition coefficient (Wildman–Crippen LogP) is 5.84. The number of aromatic nitrogens is 2. The number of aryl methyl sites for hydroxylation is 1. The van der Waals surface area contributed by atoms with Crippen LogP contribution in [-0.2, 0) is 0 Å². The summed E-state index contributed by atoms with van der Waals surface area (Å²) in [5, 5.41) is 4.08. The van der Waals surface area contributed by atoms with E-state index < -0.39 is 0 Å². The van der Waals surface area contributed by atoms with Crippen molar-refractivity contribution in [2.24, 2.45) is 10.9 Å². The van der Waals surface area contributed by atoms with Gasteiger partial charge in [0.15, 0.2) is 0 Å². The monoisotopic (exact) mass is 501 g/mol. The van der Waals surface area contributed by atoms with Crippen molar-refractivity contribution in [1.82, 2.24) is 9.66 Å². The molecule has 5 aromatic rings. The predicted molar refractivity (Wildman–Crippen MR) is 152 cm³/mol. The van der Waals surface area contributed by atoms with Crippen LogP contribution in [0.2, 0.25) is 0 Å². The number of amidine groups is 1. The Morgan fingerprint density at radius 1 is 0.842 bits per heavy atom. The third-order valence-corrected chi connectivity index (χ3v) is 6.67. The third kappa shape index (κ3) is 4.62. The summed E-state index contributed by atoms with van der Waals surface area (Å²) in [5.41, 5.74) is 6.52. The fourth-order valence-corrected chi connectivity index (χ4v) is 4.75. The molecule has 0 fully saturated rings. The van der Waals surface area contributed by atoms with E-state index in [9.17, 15) is 4.79 Å². The quantitative estimate of drug-likeness (QED) is 0.316. The standard InChI is InChI=1S/C31H27N5O2/c1-21-33-26-17-9-8-16-24(26)31(37)36(21)35-30-25(20-32-23-14-6-3-7-15-23)29(22-12-4-2-5-13-22)38-28-19-11-10-18-27(28)34-30/h2-19,25,29,32H,20H2,1H3,(H,34,35). The first-order chi connectivity index (χ1) is 18.7. The Labute approximate surface area is 220 Å². The van der Waals surface area contributed by atoms with Gasteiger partial charge in [0.05, 0.1) is 16.8 Å². The number of nitrogens with one attached hydrogen (secondary N) is 2. The second-order valence-corrected chi connectivity index (χ2v) is 9.20. The van der Waals surface area contributed by atoms with Crippen molar-refractivity contribution in [3.63, 3.8) is 0 Å². The molecule has 0 spiro atoms. The van der Waals surface area contributed by atoms with Crippen LogP contribution in [0.1, 0.15) is 17.5 Å². The van der Waals surface area contributed by atoms with Crippen molar-refractivity contribution < 1.29 is 4.74 Å². The van der Waals surface area contributed by atoms with Gasteiger partial charge in [0.1, 0.15) is 29.2 Å². The molecule has 38 heavy (non-hydrogen) atoms. The molecule has 0 radical (unpaired) electrons. The minimum absolute atomic E-state index is 0.180. The maximum Gasteiger partial charge on any atom is 0.280 e. The fourth-order valence-electron chi connectivity index (χ4n) is 4.75. The van der Waals surface area contributed by atoms with Gasteiger partial charge < -0.3 is 10.1 Å². The molecule has 4 aromatic carbocycles. The normalized spacial score (nSPS) is 16.6. The van der Waals surface area contributed by atoms with E-state index in [-0.39, 0.29) is 17.6 Å². The number of benzene rings is 4. The van der Waals surface area contributed by atoms with Crippen LogP contribution in [-0.4, -0.2) is 22.0 Å². The van der Waals surface area contributed by atoms with Gasteiger partial charge in [0.2, 0.25) is 0 Å². The number of ether oxygens (including phenoxy) is 1. The molecule has 2 unspecified atom stereocenters. The maximum absolute atomic E-state index is 13.6. The van der Waals surface area contributed by atoms with Crippen LogP contribution in [0.4, 0.5) is 11.4 Å². The number of hydrogen-bond acceptors (Lipinski definition) is 6. The molecule has 7 heteroatoms. The summed E-state index contributed by atoms with van der Waals surface area (Å²) in [6.45, 7) is 2.33. The number of hydrogen-bond donors (Lipinski definition) is 2. The van der Waals surface area contributed by atoms with Crippen molar-refractivity contribution in [3.05, 3.63) is 131 Å². The second kappa shape index (κ2) is 10.2. The summed E-state index contributed by atoms with van der Waals surface area (Å²) >= 11 is 0. The number of fused-ring (bicyclic) bond motifs is 2. The molecule has 1 aliphatic heterocycles. The van der Waals surface area contributed by atoms with Gasteiger partial charge in [-0.15, -0.1) is 0 Å². The van der Waals surface area contributed by atoms with Crippen molar-refractivity contribution in [2.75, 3.05) is 17.3 Å². The largest absolute Gasteiger partial charge is 0.483 e. The van der Waals surface area contributed by atoms with E-state index in [1.807, 2.05) is 97.9 Å². The number of nitrogens with zero attached hydrogens (tertiary/aromatic N) is 3. The highest BCUT2D eigenvalue weighted by Gasteiger charge is 2.34. The number of para-hydroxylation sites is 4. The lowest BCUT2D eigenvalue weighted by molar-refractivity contribution is 0.175. The van der Waals surface area contributed by atoms with Crippen LogP contribution in [0.3, 0.4) is 0 Å². The third-order valence-electron chi connectivity index (χ3n) is 6.67. The number of aliphatic imine (C=N–C) groups is 1. The highest BCUT2D eigenvalue weighted by atomic mass is 16.5. The van der Waals surface area contributed by atoms with Gasteiger partial charge >= 0.3 is 0 Å². The first kappa shape index (κ1) is 23.5.